The molecule has 1 saturated carbocycles. The number of hydrogen-bond acceptors (Lipinski definition) is 7. The summed E-state index contributed by atoms with van der Waals surface area (Å²) in [6.07, 6.45) is 15.1. The van der Waals surface area contributed by atoms with E-state index in [2.05, 4.69) is 39.2 Å². The van der Waals surface area contributed by atoms with Crippen molar-refractivity contribution >= 4 is 29.9 Å². The van der Waals surface area contributed by atoms with Crippen LogP contribution < -0.4 is 15.4 Å². The van der Waals surface area contributed by atoms with Gasteiger partial charge in [-0.2, -0.15) is 0 Å². The monoisotopic (exact) mass is 517 g/mol. The van der Waals surface area contributed by atoms with Crippen LogP contribution in [0.4, 0.5) is 5.69 Å². The summed E-state index contributed by atoms with van der Waals surface area (Å²) in [5, 5.41) is 23.3. The third-order valence-electron chi connectivity index (χ3n) is 6.18. The quantitative estimate of drug-likeness (QED) is 0.0891. The molecule has 9 heteroatoms. The van der Waals surface area contributed by atoms with Crippen LogP contribution >= 0.6 is 11.9 Å². The van der Waals surface area contributed by atoms with E-state index >= 15 is 0 Å². The lowest BCUT2D eigenvalue weighted by molar-refractivity contribution is 0.0964. The number of aliphatic imine (C=N–C) groups is 1. The number of carbonyl (C=O) groups excluding carboxylic acids is 1. The van der Waals surface area contributed by atoms with Gasteiger partial charge in [0.15, 0.2) is 0 Å². The van der Waals surface area contributed by atoms with Crippen molar-refractivity contribution in [3.63, 3.8) is 0 Å². The minimum atomic E-state index is -0.247. The van der Waals surface area contributed by atoms with Crippen molar-refractivity contribution in [2.75, 3.05) is 50.4 Å². The Morgan fingerprint density at radius 3 is 2.47 bits per heavy atom. The van der Waals surface area contributed by atoms with E-state index < -0.39 is 0 Å². The van der Waals surface area contributed by atoms with Crippen molar-refractivity contribution < 1.29 is 15.0 Å². The van der Waals surface area contributed by atoms with E-state index in [1.807, 2.05) is 12.2 Å². The van der Waals surface area contributed by atoms with Gasteiger partial charge in [0, 0.05) is 17.0 Å². The molecule has 1 aliphatic carbocycles. The lowest BCUT2D eigenvalue weighted by Gasteiger charge is -2.28. The molecule has 1 heterocycles. The molecule has 0 unspecified atom stereocenters. The van der Waals surface area contributed by atoms with Crippen LogP contribution in [-0.4, -0.2) is 73.0 Å². The van der Waals surface area contributed by atoms with Crippen LogP contribution in [0.1, 0.15) is 55.8 Å². The predicted octanol–water partition coefficient (Wildman–Crippen LogP) is 3.77. The highest BCUT2D eigenvalue weighted by Gasteiger charge is 2.43. The Morgan fingerprint density at radius 1 is 1.14 bits per heavy atom. The van der Waals surface area contributed by atoms with Crippen molar-refractivity contribution in [2.45, 2.75) is 45.4 Å². The fourth-order valence-electron chi connectivity index (χ4n) is 3.62. The number of nitrogens with zero attached hydrogens (tertiary/aromatic N) is 2. The van der Waals surface area contributed by atoms with Crippen LogP contribution in [0.25, 0.3) is 0 Å². The molecule has 5 N–H and O–H groups in total. The SMILES string of the molecule is CCC/C=C\C=C(/NC=NCCO)NC(=O)c1ccc(NSCCO)cc1.CN1CCC2(CC1)CC2. The van der Waals surface area contributed by atoms with Crippen molar-refractivity contribution in [2.24, 2.45) is 10.4 Å². The van der Waals surface area contributed by atoms with E-state index in [4.69, 9.17) is 10.2 Å². The minimum Gasteiger partial charge on any atom is -0.395 e. The molecule has 1 spiro atoms. The Bertz CT molecular complexity index is 843. The highest BCUT2D eigenvalue weighted by Crippen LogP contribution is 2.53. The molecular formula is C27H43N5O3S. The minimum absolute atomic E-state index is 0.0308. The molecule has 2 fully saturated rings. The number of anilines is 1. The van der Waals surface area contributed by atoms with E-state index in [1.165, 1.54) is 57.1 Å². The number of rotatable bonds is 13. The molecule has 0 atom stereocenters. The molecule has 1 aliphatic heterocycles. The average molecular weight is 518 g/mol. The molecule has 1 amide bonds. The fourth-order valence-corrected chi connectivity index (χ4v) is 4.12. The number of nitrogens with one attached hydrogen (secondary N) is 3. The van der Waals surface area contributed by atoms with Crippen LogP contribution in [0.5, 0.6) is 0 Å². The van der Waals surface area contributed by atoms with Gasteiger partial charge in [0.2, 0.25) is 0 Å². The molecule has 0 radical (unpaired) electrons. The van der Waals surface area contributed by atoms with Gasteiger partial charge < -0.3 is 30.5 Å². The Labute approximate surface area is 220 Å². The number of aliphatic hydroxyl groups is 2. The van der Waals surface area contributed by atoms with Crippen LogP contribution in [0.3, 0.4) is 0 Å². The van der Waals surface area contributed by atoms with Gasteiger partial charge in [-0.3, -0.25) is 9.79 Å². The van der Waals surface area contributed by atoms with E-state index in [1.54, 1.807) is 30.3 Å². The second-order valence-corrected chi connectivity index (χ2v) is 10.1. The summed E-state index contributed by atoms with van der Waals surface area (Å²) in [5.74, 6) is 0.836. The Morgan fingerprint density at radius 2 is 1.86 bits per heavy atom. The maximum atomic E-state index is 12.4. The van der Waals surface area contributed by atoms with E-state index in [-0.39, 0.29) is 19.1 Å². The Hall–Kier alpha value is -2.33. The summed E-state index contributed by atoms with van der Waals surface area (Å²) in [7, 11) is 2.23. The number of benzene rings is 1. The summed E-state index contributed by atoms with van der Waals surface area (Å²) in [6, 6.07) is 7.06. The number of hydrogen-bond donors (Lipinski definition) is 5. The van der Waals surface area contributed by atoms with Gasteiger partial charge in [0.05, 0.1) is 26.1 Å². The number of aliphatic hydroxyl groups excluding tert-OH is 2. The van der Waals surface area contributed by atoms with Crippen LogP contribution in [0, 0.1) is 5.41 Å². The van der Waals surface area contributed by atoms with Crippen LogP contribution in [0.2, 0.25) is 0 Å². The summed E-state index contributed by atoms with van der Waals surface area (Å²) in [4.78, 5) is 18.9. The molecule has 200 valence electrons. The smallest absolute Gasteiger partial charge is 0.256 e. The lowest BCUT2D eigenvalue weighted by atomic mass is 9.94. The molecule has 2 aliphatic rings. The number of unbranched alkanes of at least 4 members (excludes halogenated alkanes) is 1. The van der Waals surface area contributed by atoms with Crippen molar-refractivity contribution in [3.8, 4) is 0 Å². The van der Waals surface area contributed by atoms with Gasteiger partial charge in [0.25, 0.3) is 5.91 Å². The topological polar surface area (TPSA) is 109 Å². The zero-order valence-corrected chi connectivity index (χ0v) is 22.5. The third-order valence-corrected chi connectivity index (χ3v) is 6.94. The average Bonchev–Trinajstić information content (AvgIpc) is 3.66. The molecule has 36 heavy (non-hydrogen) atoms. The summed E-state index contributed by atoms with van der Waals surface area (Å²) in [6.45, 7) is 5.16. The Kier molecular flexibility index (Phi) is 14.3. The lowest BCUT2D eigenvalue weighted by Crippen LogP contribution is -2.31. The van der Waals surface area contributed by atoms with Crippen LogP contribution in [-0.2, 0) is 0 Å². The van der Waals surface area contributed by atoms with Gasteiger partial charge in [-0.1, -0.05) is 37.4 Å². The number of likely N-dealkylation sites (tertiary alicyclic amines) is 1. The van der Waals surface area contributed by atoms with E-state index in [0.29, 0.717) is 23.7 Å². The molecular weight excluding hydrogens is 474 g/mol. The predicted molar refractivity (Wildman–Crippen MR) is 151 cm³/mol. The first-order valence-electron chi connectivity index (χ1n) is 12.8. The highest BCUT2D eigenvalue weighted by molar-refractivity contribution is 8.00. The van der Waals surface area contributed by atoms with Crippen molar-refractivity contribution in [1.82, 2.24) is 15.5 Å². The fraction of sp³-hybridized carbons (Fsp3) is 0.556. The summed E-state index contributed by atoms with van der Waals surface area (Å²) >= 11 is 1.40. The van der Waals surface area contributed by atoms with Gasteiger partial charge in [0.1, 0.15) is 5.82 Å². The summed E-state index contributed by atoms with van der Waals surface area (Å²) in [5.41, 5.74) is 2.25. The maximum Gasteiger partial charge on any atom is 0.256 e. The first-order valence-corrected chi connectivity index (χ1v) is 13.8. The standard InChI is InChI=1S/C19H28N4O3S.C8H15N/c1-2-3-4-5-6-18(21-15-20-11-12-24)22-19(26)16-7-9-17(10-8-16)23-27-14-13-25;1-9-6-4-8(2-3-8)5-7-9/h4-10,15,23-25H,2-3,11-14H2,1H3,(H,20,21)(H,22,26);2-7H2,1H3/b5-4-,18-6+;. The van der Waals surface area contributed by atoms with Crippen molar-refractivity contribution in [1.29, 1.82) is 0 Å². The first kappa shape index (κ1) is 29.9. The second kappa shape index (κ2) is 17.2. The number of amides is 1. The molecule has 1 aromatic rings. The van der Waals surface area contributed by atoms with E-state index in [9.17, 15) is 4.79 Å². The normalized spacial score (nSPS) is 17.2. The maximum absolute atomic E-state index is 12.4. The third kappa shape index (κ3) is 12.1. The van der Waals surface area contributed by atoms with Gasteiger partial charge in [-0.25, -0.2) is 0 Å². The molecule has 0 aromatic heterocycles. The van der Waals surface area contributed by atoms with E-state index in [0.717, 1.165) is 23.9 Å². The first-order chi connectivity index (χ1) is 17.5. The summed E-state index contributed by atoms with van der Waals surface area (Å²) < 4.78 is 3.09. The molecule has 8 nitrogen and oxygen atoms in total. The molecule has 1 saturated heterocycles. The largest absolute Gasteiger partial charge is 0.395 e. The zero-order valence-electron chi connectivity index (χ0n) is 21.7. The Balaban J connectivity index is 0.000000416. The molecule has 0 bridgehead atoms. The number of allylic oxidation sites excluding steroid dienone is 3. The molecule has 1 aromatic carbocycles. The second-order valence-electron chi connectivity index (χ2n) is 9.21. The number of piperidine rings is 1. The van der Waals surface area contributed by atoms with Gasteiger partial charge in [-0.15, -0.1) is 0 Å². The van der Waals surface area contributed by atoms with Gasteiger partial charge >= 0.3 is 0 Å². The number of carbonyl (C=O) groups is 1. The van der Waals surface area contributed by atoms with Gasteiger partial charge in [-0.05, 0) is 88.0 Å². The van der Waals surface area contributed by atoms with Crippen molar-refractivity contribution in [3.05, 3.63) is 53.9 Å². The molecule has 3 rings (SSSR count). The van der Waals surface area contributed by atoms with Crippen LogP contribution in [0.15, 0.2) is 53.3 Å². The zero-order chi connectivity index (χ0) is 26.1. The highest BCUT2D eigenvalue weighted by atomic mass is 32.2.